The van der Waals surface area contributed by atoms with E-state index in [0.29, 0.717) is 0 Å². The lowest BCUT2D eigenvalue weighted by Crippen LogP contribution is -1.87. The van der Waals surface area contributed by atoms with Gasteiger partial charge >= 0.3 is 0 Å². The van der Waals surface area contributed by atoms with Crippen molar-refractivity contribution in [1.29, 1.82) is 0 Å². The van der Waals surface area contributed by atoms with Crippen LogP contribution in [-0.4, -0.2) is 23.6 Å². The van der Waals surface area contributed by atoms with Crippen molar-refractivity contribution in [1.82, 2.24) is 9.38 Å². The van der Waals surface area contributed by atoms with Gasteiger partial charge in [0.2, 0.25) is 0 Å². The van der Waals surface area contributed by atoms with Crippen molar-refractivity contribution in [3.63, 3.8) is 0 Å². The summed E-state index contributed by atoms with van der Waals surface area (Å²) in [7, 11) is 3.36. The topological polar surface area (TPSA) is 35.8 Å². The van der Waals surface area contributed by atoms with E-state index in [1.165, 1.54) is 0 Å². The molecule has 2 aromatic heterocycles. The molecule has 0 bridgehead atoms. The minimum absolute atomic E-state index is 0.833. The van der Waals surface area contributed by atoms with Crippen molar-refractivity contribution in [3.8, 4) is 22.8 Å². The van der Waals surface area contributed by atoms with Gasteiger partial charge in [-0.3, -0.25) is 4.40 Å². The van der Waals surface area contributed by atoms with Crippen LogP contribution in [0.25, 0.3) is 26.4 Å². The maximum absolute atomic E-state index is 5.43. The number of aromatic nitrogens is 2. The van der Waals surface area contributed by atoms with Gasteiger partial charge in [-0.1, -0.05) is 23.5 Å². The second-order valence-electron chi connectivity index (χ2n) is 4.91. The Morgan fingerprint density at radius 1 is 1.05 bits per heavy atom. The molecule has 0 radical (unpaired) electrons. The number of hydrogen-bond acceptors (Lipinski definition) is 4. The highest BCUT2D eigenvalue weighted by atomic mass is 32.1. The second-order valence-corrected chi connectivity index (χ2v) is 5.92. The fraction of sp³-hybridized carbons (Fsp3) is 0.118. The molecule has 2 heterocycles. The van der Waals surface area contributed by atoms with Crippen molar-refractivity contribution < 1.29 is 9.47 Å². The second kappa shape index (κ2) is 5.03. The van der Waals surface area contributed by atoms with Gasteiger partial charge in [0.1, 0.15) is 11.5 Å². The molecule has 22 heavy (non-hydrogen) atoms. The first-order chi connectivity index (χ1) is 10.8. The SMILES string of the molecule is COc1ccc2c(c1)sc1nc(-c3ccccc3OC)cn12. The molecule has 4 rings (SSSR count). The summed E-state index contributed by atoms with van der Waals surface area (Å²) in [5, 5.41) is 0. The van der Waals surface area contributed by atoms with Gasteiger partial charge in [-0.2, -0.15) is 0 Å². The molecular weight excluding hydrogens is 296 g/mol. The molecule has 4 nitrogen and oxygen atoms in total. The van der Waals surface area contributed by atoms with Crippen molar-refractivity contribution in [2.24, 2.45) is 0 Å². The Morgan fingerprint density at radius 2 is 1.91 bits per heavy atom. The molecule has 0 spiro atoms. The van der Waals surface area contributed by atoms with Crippen LogP contribution in [0.3, 0.4) is 0 Å². The predicted molar refractivity (Wildman–Crippen MR) is 89.1 cm³/mol. The standard InChI is InChI=1S/C17H14N2O2S/c1-20-11-7-8-14-16(9-11)22-17-18-13(10-19(14)17)12-5-3-4-6-15(12)21-2/h3-10H,1-2H3. The molecule has 0 aliphatic carbocycles. The van der Waals surface area contributed by atoms with E-state index < -0.39 is 0 Å². The summed E-state index contributed by atoms with van der Waals surface area (Å²) in [5.41, 5.74) is 3.05. The zero-order valence-corrected chi connectivity index (χ0v) is 13.1. The average Bonchev–Trinajstić information content (AvgIpc) is 3.11. The fourth-order valence-corrected chi connectivity index (χ4v) is 3.63. The Bertz CT molecular complexity index is 971. The van der Waals surface area contributed by atoms with E-state index in [2.05, 4.69) is 16.7 Å². The summed E-state index contributed by atoms with van der Waals surface area (Å²) in [6.45, 7) is 0. The smallest absolute Gasteiger partial charge is 0.195 e. The monoisotopic (exact) mass is 310 g/mol. The summed E-state index contributed by atoms with van der Waals surface area (Å²) >= 11 is 1.65. The third-order valence-corrected chi connectivity index (χ3v) is 4.70. The van der Waals surface area contributed by atoms with Crippen molar-refractivity contribution >= 4 is 26.5 Å². The number of rotatable bonds is 3. The largest absolute Gasteiger partial charge is 0.497 e. The Hall–Kier alpha value is -2.53. The summed E-state index contributed by atoms with van der Waals surface area (Å²) in [6.07, 6.45) is 2.05. The number of nitrogens with zero attached hydrogens (tertiary/aromatic N) is 2. The quantitative estimate of drug-likeness (QED) is 0.568. The van der Waals surface area contributed by atoms with Gasteiger partial charge in [-0.05, 0) is 30.3 Å². The lowest BCUT2D eigenvalue weighted by atomic mass is 10.1. The minimum Gasteiger partial charge on any atom is -0.497 e. The van der Waals surface area contributed by atoms with Gasteiger partial charge in [0.25, 0.3) is 0 Å². The van der Waals surface area contributed by atoms with Gasteiger partial charge < -0.3 is 9.47 Å². The first-order valence-corrected chi connectivity index (χ1v) is 7.71. The van der Waals surface area contributed by atoms with E-state index in [1.807, 2.05) is 36.4 Å². The van der Waals surface area contributed by atoms with E-state index in [9.17, 15) is 0 Å². The Labute approximate surface area is 131 Å². The fourth-order valence-electron chi connectivity index (χ4n) is 2.59. The van der Waals surface area contributed by atoms with Gasteiger partial charge in [0.15, 0.2) is 4.96 Å². The molecule has 4 aromatic rings. The van der Waals surface area contributed by atoms with E-state index in [4.69, 9.17) is 14.5 Å². The lowest BCUT2D eigenvalue weighted by molar-refractivity contribution is 0.415. The van der Waals surface area contributed by atoms with E-state index in [0.717, 1.165) is 37.9 Å². The predicted octanol–water partition coefficient (Wildman–Crippen LogP) is 4.23. The van der Waals surface area contributed by atoms with Crippen LogP contribution in [0.4, 0.5) is 0 Å². The molecular formula is C17H14N2O2S. The maximum Gasteiger partial charge on any atom is 0.195 e. The number of thiazole rings is 1. The van der Waals surface area contributed by atoms with Gasteiger partial charge in [0.05, 0.1) is 30.1 Å². The Balaban J connectivity index is 1.91. The van der Waals surface area contributed by atoms with Crippen LogP contribution in [0.2, 0.25) is 0 Å². The zero-order valence-electron chi connectivity index (χ0n) is 12.2. The molecule has 0 fully saturated rings. The third kappa shape index (κ3) is 1.94. The van der Waals surface area contributed by atoms with Crippen LogP contribution in [0.5, 0.6) is 11.5 Å². The molecule has 0 atom stereocenters. The molecule has 0 unspecified atom stereocenters. The highest BCUT2D eigenvalue weighted by molar-refractivity contribution is 7.23. The van der Waals surface area contributed by atoms with Crippen LogP contribution < -0.4 is 9.47 Å². The molecule has 0 N–H and O–H groups in total. The molecule has 0 saturated heterocycles. The first-order valence-electron chi connectivity index (χ1n) is 6.89. The molecule has 5 heteroatoms. The summed E-state index contributed by atoms with van der Waals surface area (Å²) in [5.74, 6) is 1.70. The lowest BCUT2D eigenvalue weighted by Gasteiger charge is -2.04. The number of hydrogen-bond donors (Lipinski definition) is 0. The number of para-hydroxylation sites is 1. The molecule has 0 aliphatic heterocycles. The maximum atomic E-state index is 5.43. The van der Waals surface area contributed by atoms with Crippen LogP contribution in [0, 0.1) is 0 Å². The van der Waals surface area contributed by atoms with Crippen molar-refractivity contribution in [2.75, 3.05) is 14.2 Å². The van der Waals surface area contributed by atoms with Crippen LogP contribution in [-0.2, 0) is 0 Å². The van der Waals surface area contributed by atoms with E-state index >= 15 is 0 Å². The number of imidazole rings is 1. The highest BCUT2D eigenvalue weighted by Gasteiger charge is 2.13. The van der Waals surface area contributed by atoms with Gasteiger partial charge in [0, 0.05) is 11.8 Å². The highest BCUT2D eigenvalue weighted by Crippen LogP contribution is 2.34. The van der Waals surface area contributed by atoms with E-state index in [-0.39, 0.29) is 0 Å². The van der Waals surface area contributed by atoms with Crippen molar-refractivity contribution in [2.45, 2.75) is 0 Å². The van der Waals surface area contributed by atoms with Gasteiger partial charge in [-0.25, -0.2) is 4.98 Å². The molecule has 0 aliphatic rings. The van der Waals surface area contributed by atoms with Crippen LogP contribution >= 0.6 is 11.3 Å². The number of ether oxygens (including phenoxy) is 2. The molecule has 110 valence electrons. The summed E-state index contributed by atoms with van der Waals surface area (Å²) < 4.78 is 14.0. The number of benzene rings is 2. The normalized spacial score (nSPS) is 11.2. The summed E-state index contributed by atoms with van der Waals surface area (Å²) in [4.78, 5) is 5.71. The Kier molecular flexibility index (Phi) is 3.01. The average molecular weight is 310 g/mol. The van der Waals surface area contributed by atoms with Crippen LogP contribution in [0.1, 0.15) is 0 Å². The van der Waals surface area contributed by atoms with E-state index in [1.54, 1.807) is 25.6 Å². The number of fused-ring (bicyclic) bond motifs is 3. The van der Waals surface area contributed by atoms with Gasteiger partial charge in [-0.15, -0.1) is 0 Å². The minimum atomic E-state index is 0.833. The molecule has 0 saturated carbocycles. The first kappa shape index (κ1) is 13.2. The third-order valence-electron chi connectivity index (χ3n) is 3.68. The molecule has 2 aromatic carbocycles. The number of methoxy groups -OCH3 is 2. The summed E-state index contributed by atoms with van der Waals surface area (Å²) in [6, 6.07) is 14.0. The molecule has 0 amide bonds. The van der Waals surface area contributed by atoms with Crippen molar-refractivity contribution in [3.05, 3.63) is 48.7 Å². The zero-order chi connectivity index (χ0) is 15.1. The Morgan fingerprint density at radius 3 is 2.73 bits per heavy atom. The van der Waals surface area contributed by atoms with Crippen LogP contribution in [0.15, 0.2) is 48.7 Å².